The lowest BCUT2D eigenvalue weighted by molar-refractivity contribution is -0.120. The number of aromatic hydroxyl groups is 1. The number of ether oxygens (including phenoxy) is 1. The predicted octanol–water partition coefficient (Wildman–Crippen LogP) is 4.26. The Morgan fingerprint density at radius 2 is 1.64 bits per heavy atom. The van der Waals surface area contributed by atoms with Crippen LogP contribution in [0.4, 0.5) is 16.3 Å². The van der Waals surface area contributed by atoms with Crippen molar-refractivity contribution in [3.05, 3.63) is 107 Å². The number of carbonyl (C=O) groups excluding carboxylic acids is 2. The van der Waals surface area contributed by atoms with Crippen LogP contribution in [0.3, 0.4) is 0 Å². The Morgan fingerprint density at radius 1 is 0.841 bits per heavy atom. The molecule has 2 atom stereocenters. The number of fused-ring (bicyclic) bond motifs is 1. The van der Waals surface area contributed by atoms with Gasteiger partial charge in [-0.05, 0) is 41.5 Å². The second-order valence-electron chi connectivity index (χ2n) is 11.5. The Labute approximate surface area is 255 Å². The first-order valence-electron chi connectivity index (χ1n) is 15.0. The van der Waals surface area contributed by atoms with Crippen molar-refractivity contribution in [1.82, 2.24) is 20.4 Å². The van der Waals surface area contributed by atoms with Crippen LogP contribution in [0.5, 0.6) is 11.5 Å². The van der Waals surface area contributed by atoms with Gasteiger partial charge in [0.15, 0.2) is 5.82 Å². The van der Waals surface area contributed by atoms with E-state index in [2.05, 4.69) is 73.8 Å². The zero-order valence-corrected chi connectivity index (χ0v) is 24.3. The van der Waals surface area contributed by atoms with Crippen molar-refractivity contribution < 1.29 is 19.4 Å². The Hall–Kier alpha value is -4.96. The molecule has 3 aromatic carbocycles. The zero-order valence-electron chi connectivity index (χ0n) is 24.3. The number of amides is 3. The molecule has 3 aliphatic rings. The van der Waals surface area contributed by atoms with Gasteiger partial charge in [0.1, 0.15) is 11.5 Å². The van der Waals surface area contributed by atoms with Gasteiger partial charge in [0.05, 0.1) is 12.3 Å². The van der Waals surface area contributed by atoms with Crippen molar-refractivity contribution in [3.8, 4) is 11.5 Å². The molecule has 0 saturated carbocycles. The zero-order chi connectivity index (χ0) is 30.0. The number of hydrogen-bond acceptors (Lipinski definition) is 8. The molecule has 4 heterocycles. The molecule has 44 heavy (non-hydrogen) atoms. The molecular weight excluding hydrogens is 556 g/mol. The maximum absolute atomic E-state index is 12.1. The third kappa shape index (κ3) is 5.68. The molecule has 224 valence electrons. The average molecular weight is 591 g/mol. The summed E-state index contributed by atoms with van der Waals surface area (Å²) in [5, 5.41) is 21.0. The smallest absolute Gasteiger partial charge is 0.329 e. The first-order chi connectivity index (χ1) is 21.5. The molecule has 1 aromatic heterocycles. The van der Waals surface area contributed by atoms with Gasteiger partial charge < -0.3 is 14.7 Å². The van der Waals surface area contributed by atoms with Gasteiger partial charge in [-0.3, -0.25) is 19.9 Å². The van der Waals surface area contributed by atoms with E-state index in [0.717, 1.165) is 43.2 Å². The maximum atomic E-state index is 12.1. The monoisotopic (exact) mass is 590 g/mol. The summed E-state index contributed by atoms with van der Waals surface area (Å²) in [4.78, 5) is 29.7. The lowest BCUT2D eigenvalue weighted by Crippen LogP contribution is -2.50. The summed E-state index contributed by atoms with van der Waals surface area (Å²) in [6, 6.07) is 28.1. The highest BCUT2D eigenvalue weighted by Gasteiger charge is 2.34. The second kappa shape index (κ2) is 12.0. The van der Waals surface area contributed by atoms with E-state index in [4.69, 9.17) is 4.74 Å². The largest absolute Gasteiger partial charge is 0.508 e. The molecule has 2 N–H and O–H groups in total. The molecule has 3 amide bonds. The molecule has 0 radical (unpaired) electrons. The van der Waals surface area contributed by atoms with E-state index >= 15 is 0 Å². The lowest BCUT2D eigenvalue weighted by Gasteiger charge is -2.37. The van der Waals surface area contributed by atoms with Crippen LogP contribution in [0, 0.1) is 0 Å². The van der Waals surface area contributed by atoms with Crippen LogP contribution >= 0.6 is 0 Å². The molecular formula is C34H34N6O4. The average Bonchev–Trinajstić information content (AvgIpc) is 3.05. The van der Waals surface area contributed by atoms with Crippen molar-refractivity contribution in [2.45, 2.75) is 24.8 Å². The van der Waals surface area contributed by atoms with Gasteiger partial charge in [-0.15, -0.1) is 5.10 Å². The number of rotatable bonds is 6. The van der Waals surface area contributed by atoms with Crippen LogP contribution in [0.1, 0.15) is 40.6 Å². The van der Waals surface area contributed by atoms with E-state index in [0.29, 0.717) is 25.5 Å². The van der Waals surface area contributed by atoms with Crippen molar-refractivity contribution in [3.63, 3.8) is 0 Å². The SMILES string of the molecule is O=C1CCN(c2ccc(CN3CCN(c4ccc([C@H]5c6ccc(O)cc6OC[C@H]5c5ccccc5)cc4)CC3)nn2)C(=O)N1. The molecule has 0 spiro atoms. The number of piperazine rings is 1. The van der Waals surface area contributed by atoms with E-state index in [1.54, 1.807) is 18.2 Å². The van der Waals surface area contributed by atoms with Crippen LogP contribution in [-0.4, -0.2) is 71.5 Å². The molecule has 3 aliphatic heterocycles. The number of phenols is 1. The third-order valence-electron chi connectivity index (χ3n) is 8.79. The number of phenolic OH excluding ortho intramolecular Hbond substituents is 1. The van der Waals surface area contributed by atoms with Crippen LogP contribution in [0.15, 0.2) is 84.9 Å². The van der Waals surface area contributed by atoms with Crippen molar-refractivity contribution in [1.29, 1.82) is 0 Å². The summed E-state index contributed by atoms with van der Waals surface area (Å²) in [6.45, 7) is 5.14. The quantitative estimate of drug-likeness (QED) is 0.343. The van der Waals surface area contributed by atoms with Gasteiger partial charge in [0, 0.05) is 74.8 Å². The number of nitrogens with zero attached hydrogens (tertiary/aromatic N) is 5. The van der Waals surface area contributed by atoms with Gasteiger partial charge in [-0.2, -0.15) is 5.10 Å². The summed E-state index contributed by atoms with van der Waals surface area (Å²) >= 11 is 0. The number of benzene rings is 3. The Morgan fingerprint density at radius 3 is 2.36 bits per heavy atom. The normalized spacial score (nSPS) is 20.5. The number of anilines is 2. The number of imide groups is 1. The molecule has 0 aliphatic carbocycles. The minimum atomic E-state index is -0.457. The van der Waals surface area contributed by atoms with Crippen molar-refractivity contribution in [2.75, 3.05) is 49.1 Å². The summed E-state index contributed by atoms with van der Waals surface area (Å²) in [6.07, 6.45) is 0.255. The van der Waals surface area contributed by atoms with Gasteiger partial charge in [0.25, 0.3) is 0 Å². The van der Waals surface area contributed by atoms with E-state index in [-0.39, 0.29) is 29.9 Å². The predicted molar refractivity (Wildman–Crippen MR) is 166 cm³/mol. The molecule has 2 saturated heterocycles. The lowest BCUT2D eigenvalue weighted by atomic mass is 9.76. The number of urea groups is 1. The topological polar surface area (TPSA) is 111 Å². The van der Waals surface area contributed by atoms with E-state index < -0.39 is 6.03 Å². The number of hydrogen-bond donors (Lipinski definition) is 2. The second-order valence-corrected chi connectivity index (χ2v) is 11.5. The minimum absolute atomic E-state index is 0.118. The fourth-order valence-corrected chi connectivity index (χ4v) is 6.45. The highest BCUT2D eigenvalue weighted by molar-refractivity contribution is 6.05. The number of nitrogens with one attached hydrogen (secondary N) is 1. The fraction of sp³-hybridized carbons (Fsp3) is 0.294. The molecule has 4 aromatic rings. The summed E-state index contributed by atoms with van der Waals surface area (Å²) in [5.74, 6) is 1.42. The Balaban J connectivity index is 1.00. The van der Waals surface area contributed by atoms with Gasteiger partial charge >= 0.3 is 6.03 Å². The summed E-state index contributed by atoms with van der Waals surface area (Å²) in [5.41, 5.74) is 5.61. The van der Waals surface area contributed by atoms with E-state index in [1.807, 2.05) is 18.2 Å². The highest BCUT2D eigenvalue weighted by atomic mass is 16.5. The van der Waals surface area contributed by atoms with Gasteiger partial charge in [-0.1, -0.05) is 48.5 Å². The minimum Gasteiger partial charge on any atom is -0.508 e. The molecule has 0 unspecified atom stereocenters. The Kier molecular flexibility index (Phi) is 7.57. The molecule has 7 rings (SSSR count). The standard InChI is InChI=1S/C34H34N6O4/c41-27-11-12-28-30(20-27)44-22-29(23-4-2-1-3-5-23)33(28)24-6-9-26(10-7-24)39-18-16-38(17-19-39)21-25-8-13-31(37-36-25)40-15-14-32(42)35-34(40)43/h1-13,20,29,33,41H,14-19,21-22H2,(H,35,42,43)/t29-,33-/m0/s1. The molecule has 0 bridgehead atoms. The molecule has 10 nitrogen and oxygen atoms in total. The first-order valence-corrected chi connectivity index (χ1v) is 15.0. The Bertz CT molecular complexity index is 1640. The van der Waals surface area contributed by atoms with Gasteiger partial charge in [0.2, 0.25) is 5.91 Å². The van der Waals surface area contributed by atoms with E-state index in [1.165, 1.54) is 21.7 Å². The van der Waals surface area contributed by atoms with Crippen LogP contribution < -0.4 is 19.9 Å². The van der Waals surface area contributed by atoms with Crippen LogP contribution in [0.25, 0.3) is 0 Å². The number of aromatic nitrogens is 2. The summed E-state index contributed by atoms with van der Waals surface area (Å²) in [7, 11) is 0. The fourth-order valence-electron chi connectivity index (χ4n) is 6.45. The van der Waals surface area contributed by atoms with Crippen molar-refractivity contribution >= 4 is 23.4 Å². The van der Waals surface area contributed by atoms with Crippen LogP contribution in [-0.2, 0) is 11.3 Å². The molecule has 2 fully saturated rings. The highest BCUT2D eigenvalue weighted by Crippen LogP contribution is 2.47. The first kappa shape index (κ1) is 27.8. The number of carbonyl (C=O) groups is 2. The van der Waals surface area contributed by atoms with E-state index in [9.17, 15) is 14.7 Å². The molecule has 10 heteroatoms. The third-order valence-corrected chi connectivity index (χ3v) is 8.79. The maximum Gasteiger partial charge on any atom is 0.329 e. The summed E-state index contributed by atoms with van der Waals surface area (Å²) < 4.78 is 6.13. The van der Waals surface area contributed by atoms with Crippen molar-refractivity contribution in [2.24, 2.45) is 0 Å². The van der Waals surface area contributed by atoms with Crippen LogP contribution in [0.2, 0.25) is 0 Å². The van der Waals surface area contributed by atoms with Gasteiger partial charge in [-0.25, -0.2) is 4.79 Å².